The van der Waals surface area contributed by atoms with Crippen LogP contribution < -0.4 is 0 Å². The lowest BCUT2D eigenvalue weighted by molar-refractivity contribution is -0.115. The Morgan fingerprint density at radius 3 is 2.82 bits per heavy atom. The van der Waals surface area contributed by atoms with E-state index in [4.69, 9.17) is 9.47 Å². The monoisotopic (exact) mass is 302 g/mol. The molecule has 4 nitrogen and oxygen atoms in total. The van der Waals surface area contributed by atoms with Gasteiger partial charge in [0.1, 0.15) is 0 Å². The predicted octanol–water partition coefficient (Wildman–Crippen LogP) is 3.13. The first-order valence-corrected chi connectivity index (χ1v) is 8.05. The van der Waals surface area contributed by atoms with Crippen LogP contribution in [0.4, 0.5) is 0 Å². The molecule has 1 saturated heterocycles. The maximum absolute atomic E-state index is 10.0. The van der Waals surface area contributed by atoms with Crippen LogP contribution in [-0.4, -0.2) is 16.5 Å². The van der Waals surface area contributed by atoms with Crippen LogP contribution in [0, 0.1) is 11.8 Å². The van der Waals surface area contributed by atoms with E-state index in [1.165, 1.54) is 5.56 Å². The zero-order chi connectivity index (χ0) is 15.4. The van der Waals surface area contributed by atoms with Gasteiger partial charge in [-0.3, -0.25) is 0 Å². The van der Waals surface area contributed by atoms with Gasteiger partial charge in [-0.05, 0) is 43.2 Å². The SMILES string of the molecule is C=C1OC(O)C2CC(c3ccc4c(c3)C(O)OC4C)CCC12. The van der Waals surface area contributed by atoms with Crippen LogP contribution >= 0.6 is 0 Å². The molecule has 6 unspecified atom stereocenters. The summed E-state index contributed by atoms with van der Waals surface area (Å²) in [4.78, 5) is 0. The first-order valence-electron chi connectivity index (χ1n) is 8.05. The van der Waals surface area contributed by atoms with Gasteiger partial charge < -0.3 is 19.7 Å². The number of benzene rings is 1. The summed E-state index contributed by atoms with van der Waals surface area (Å²) in [5.41, 5.74) is 3.18. The predicted molar refractivity (Wildman–Crippen MR) is 80.7 cm³/mol. The van der Waals surface area contributed by atoms with E-state index in [0.717, 1.165) is 36.1 Å². The third kappa shape index (κ3) is 2.09. The molecule has 1 aromatic rings. The fraction of sp³-hybridized carbons (Fsp3) is 0.556. The van der Waals surface area contributed by atoms with Crippen molar-refractivity contribution in [2.75, 3.05) is 0 Å². The fourth-order valence-electron chi connectivity index (χ4n) is 4.32. The second kappa shape index (κ2) is 5.08. The number of hydrogen-bond acceptors (Lipinski definition) is 4. The van der Waals surface area contributed by atoms with E-state index in [2.05, 4.69) is 24.8 Å². The maximum Gasteiger partial charge on any atom is 0.200 e. The average molecular weight is 302 g/mol. The molecule has 3 aliphatic rings. The second-order valence-corrected chi connectivity index (χ2v) is 6.77. The number of allylic oxidation sites excluding steroid dienone is 1. The van der Waals surface area contributed by atoms with Crippen molar-refractivity contribution >= 4 is 0 Å². The van der Waals surface area contributed by atoms with Gasteiger partial charge in [0, 0.05) is 17.4 Å². The molecular formula is C18H22O4. The summed E-state index contributed by atoms with van der Waals surface area (Å²) in [5, 5.41) is 20.1. The summed E-state index contributed by atoms with van der Waals surface area (Å²) >= 11 is 0. The zero-order valence-corrected chi connectivity index (χ0v) is 12.7. The largest absolute Gasteiger partial charge is 0.469 e. The molecule has 0 amide bonds. The number of aliphatic hydroxyl groups is 2. The smallest absolute Gasteiger partial charge is 0.200 e. The molecule has 0 aromatic heterocycles. The summed E-state index contributed by atoms with van der Waals surface area (Å²) in [6, 6.07) is 6.28. The lowest BCUT2D eigenvalue weighted by Crippen LogP contribution is -2.27. The van der Waals surface area contributed by atoms with E-state index >= 15 is 0 Å². The Hall–Kier alpha value is -1.36. The Labute approximate surface area is 130 Å². The number of aliphatic hydroxyl groups excluding tert-OH is 2. The molecule has 0 radical (unpaired) electrons. The van der Waals surface area contributed by atoms with E-state index in [1.54, 1.807) is 0 Å². The fourth-order valence-corrected chi connectivity index (χ4v) is 4.32. The van der Waals surface area contributed by atoms with Crippen LogP contribution in [0.2, 0.25) is 0 Å². The first kappa shape index (κ1) is 14.2. The van der Waals surface area contributed by atoms with Crippen molar-refractivity contribution in [1.82, 2.24) is 0 Å². The van der Waals surface area contributed by atoms with Crippen molar-refractivity contribution in [2.24, 2.45) is 11.8 Å². The van der Waals surface area contributed by atoms with E-state index in [9.17, 15) is 10.2 Å². The number of ether oxygens (including phenoxy) is 2. The number of rotatable bonds is 1. The van der Waals surface area contributed by atoms with Crippen LogP contribution in [0.3, 0.4) is 0 Å². The van der Waals surface area contributed by atoms with Crippen molar-refractivity contribution in [2.45, 2.75) is 50.8 Å². The normalized spacial score (nSPS) is 40.2. The lowest BCUT2D eigenvalue weighted by Gasteiger charge is -2.31. The Morgan fingerprint density at radius 2 is 2.00 bits per heavy atom. The van der Waals surface area contributed by atoms with Crippen molar-refractivity contribution in [3.63, 3.8) is 0 Å². The van der Waals surface area contributed by atoms with Gasteiger partial charge in [0.05, 0.1) is 11.9 Å². The lowest BCUT2D eigenvalue weighted by atomic mass is 9.72. The Morgan fingerprint density at radius 1 is 1.18 bits per heavy atom. The Kier molecular flexibility index (Phi) is 3.29. The van der Waals surface area contributed by atoms with E-state index in [-0.39, 0.29) is 17.9 Å². The summed E-state index contributed by atoms with van der Waals surface area (Å²) in [5.74, 6) is 1.55. The summed E-state index contributed by atoms with van der Waals surface area (Å²) in [6.07, 6.45) is 1.36. The molecule has 2 aliphatic heterocycles. The standard InChI is InChI=1S/C18H22O4/c1-9-13-5-3-11(7-15(13)17(19)21-9)12-4-6-14-10(2)22-18(20)16(14)8-12/h4,6,8,10-11,13,15,17-20H,1,3,5,7H2,2H3. The van der Waals surface area contributed by atoms with Crippen molar-refractivity contribution in [3.8, 4) is 0 Å². The summed E-state index contributed by atoms with van der Waals surface area (Å²) in [7, 11) is 0. The van der Waals surface area contributed by atoms with Gasteiger partial charge in [-0.25, -0.2) is 0 Å². The van der Waals surface area contributed by atoms with E-state index < -0.39 is 12.6 Å². The molecule has 2 N–H and O–H groups in total. The van der Waals surface area contributed by atoms with Crippen LogP contribution in [0.1, 0.15) is 61.2 Å². The van der Waals surface area contributed by atoms with Gasteiger partial charge in [0.15, 0.2) is 12.6 Å². The molecule has 1 aliphatic carbocycles. The molecule has 4 rings (SSSR count). The van der Waals surface area contributed by atoms with Gasteiger partial charge >= 0.3 is 0 Å². The Balaban J connectivity index is 1.59. The molecule has 1 saturated carbocycles. The molecule has 22 heavy (non-hydrogen) atoms. The molecular weight excluding hydrogens is 280 g/mol. The maximum atomic E-state index is 10.0. The Bertz CT molecular complexity index is 611. The summed E-state index contributed by atoms with van der Waals surface area (Å²) in [6.45, 7) is 5.88. The van der Waals surface area contributed by atoms with Gasteiger partial charge in [0.25, 0.3) is 0 Å². The van der Waals surface area contributed by atoms with Crippen LogP contribution in [-0.2, 0) is 9.47 Å². The van der Waals surface area contributed by atoms with Gasteiger partial charge in [-0.2, -0.15) is 0 Å². The number of hydrogen-bond donors (Lipinski definition) is 2. The van der Waals surface area contributed by atoms with Crippen molar-refractivity contribution < 1.29 is 19.7 Å². The highest BCUT2D eigenvalue weighted by Gasteiger charge is 2.44. The molecule has 0 spiro atoms. The van der Waals surface area contributed by atoms with Crippen LogP contribution in [0.25, 0.3) is 0 Å². The summed E-state index contributed by atoms with van der Waals surface area (Å²) < 4.78 is 10.9. The molecule has 1 aromatic carbocycles. The number of fused-ring (bicyclic) bond motifs is 2. The topological polar surface area (TPSA) is 58.9 Å². The van der Waals surface area contributed by atoms with Gasteiger partial charge in [0.2, 0.25) is 0 Å². The molecule has 2 fully saturated rings. The molecule has 118 valence electrons. The minimum Gasteiger partial charge on any atom is -0.469 e. The second-order valence-electron chi connectivity index (χ2n) is 6.77. The highest BCUT2D eigenvalue weighted by Crippen LogP contribution is 2.49. The minimum absolute atomic E-state index is 0.0526. The molecule has 4 heteroatoms. The average Bonchev–Trinajstić information content (AvgIpc) is 2.96. The van der Waals surface area contributed by atoms with Crippen molar-refractivity contribution in [1.29, 1.82) is 0 Å². The third-order valence-electron chi connectivity index (χ3n) is 5.57. The quantitative estimate of drug-likeness (QED) is 0.837. The van der Waals surface area contributed by atoms with E-state index in [0.29, 0.717) is 5.92 Å². The van der Waals surface area contributed by atoms with Crippen molar-refractivity contribution in [3.05, 3.63) is 47.2 Å². The zero-order valence-electron chi connectivity index (χ0n) is 12.7. The molecule has 2 heterocycles. The third-order valence-corrected chi connectivity index (χ3v) is 5.57. The van der Waals surface area contributed by atoms with Gasteiger partial charge in [-0.1, -0.05) is 24.8 Å². The highest BCUT2D eigenvalue weighted by atomic mass is 16.6. The van der Waals surface area contributed by atoms with Crippen LogP contribution in [0.15, 0.2) is 30.5 Å². The first-order chi connectivity index (χ1) is 10.5. The minimum atomic E-state index is -0.818. The van der Waals surface area contributed by atoms with Crippen LogP contribution in [0.5, 0.6) is 0 Å². The molecule has 0 bridgehead atoms. The highest BCUT2D eigenvalue weighted by molar-refractivity contribution is 5.38. The van der Waals surface area contributed by atoms with E-state index in [1.807, 2.05) is 6.92 Å². The molecule has 6 atom stereocenters. The van der Waals surface area contributed by atoms with Gasteiger partial charge in [-0.15, -0.1) is 0 Å².